The highest BCUT2D eigenvalue weighted by atomic mass is 16.2. The predicted molar refractivity (Wildman–Crippen MR) is 66.6 cm³/mol. The second-order valence-electron chi connectivity index (χ2n) is 5.25. The molecule has 1 saturated carbocycles. The third-order valence-corrected chi connectivity index (χ3v) is 4.31. The van der Waals surface area contributed by atoms with E-state index in [1.807, 2.05) is 36.1 Å². The molecule has 0 spiro atoms. The predicted octanol–water partition coefficient (Wildman–Crippen LogP) is 1.27. The monoisotopic (exact) mass is 230 g/mol. The second-order valence-corrected chi connectivity index (χ2v) is 5.25. The SMILES string of the molecule is Cc1ccccc1C(=O)N1C[C@@H]2C(CN)[C@@H]2C1. The first-order valence-electron chi connectivity index (χ1n) is 6.27. The number of nitrogens with zero attached hydrogens (tertiary/aromatic N) is 1. The minimum atomic E-state index is 0.186. The van der Waals surface area contributed by atoms with Crippen LogP contribution in [-0.2, 0) is 0 Å². The van der Waals surface area contributed by atoms with E-state index in [4.69, 9.17) is 5.73 Å². The first kappa shape index (κ1) is 10.8. The van der Waals surface area contributed by atoms with Gasteiger partial charge in [0.15, 0.2) is 0 Å². The maximum Gasteiger partial charge on any atom is 0.254 e. The smallest absolute Gasteiger partial charge is 0.254 e. The molecular formula is C14H18N2O. The molecule has 3 heteroatoms. The van der Waals surface area contributed by atoms with E-state index in [9.17, 15) is 4.79 Å². The molecule has 2 fully saturated rings. The van der Waals surface area contributed by atoms with E-state index in [2.05, 4.69) is 0 Å². The van der Waals surface area contributed by atoms with E-state index < -0.39 is 0 Å². The maximum absolute atomic E-state index is 12.3. The summed E-state index contributed by atoms with van der Waals surface area (Å²) in [7, 11) is 0. The summed E-state index contributed by atoms with van der Waals surface area (Å²) in [5.74, 6) is 2.21. The Hall–Kier alpha value is -1.35. The van der Waals surface area contributed by atoms with Gasteiger partial charge in [-0.25, -0.2) is 0 Å². The highest BCUT2D eigenvalue weighted by molar-refractivity contribution is 5.95. The van der Waals surface area contributed by atoms with Gasteiger partial charge in [-0.1, -0.05) is 18.2 Å². The molecular weight excluding hydrogens is 212 g/mol. The van der Waals surface area contributed by atoms with E-state index in [0.29, 0.717) is 17.8 Å². The first-order chi connectivity index (χ1) is 8.22. The van der Waals surface area contributed by atoms with Crippen molar-refractivity contribution in [3.8, 4) is 0 Å². The lowest BCUT2D eigenvalue weighted by Gasteiger charge is -2.20. The molecule has 2 N–H and O–H groups in total. The number of piperidine rings is 1. The molecule has 90 valence electrons. The molecule has 3 rings (SSSR count). The largest absolute Gasteiger partial charge is 0.338 e. The normalized spacial score (nSPS) is 30.2. The van der Waals surface area contributed by atoms with Crippen LogP contribution in [0.4, 0.5) is 0 Å². The van der Waals surface area contributed by atoms with Crippen LogP contribution in [0.25, 0.3) is 0 Å². The minimum Gasteiger partial charge on any atom is -0.338 e. The Labute approximate surface area is 102 Å². The highest BCUT2D eigenvalue weighted by Gasteiger charge is 2.55. The third kappa shape index (κ3) is 1.65. The second kappa shape index (κ2) is 3.84. The number of amides is 1. The summed E-state index contributed by atoms with van der Waals surface area (Å²) in [5.41, 5.74) is 7.59. The van der Waals surface area contributed by atoms with Crippen molar-refractivity contribution < 1.29 is 4.79 Å². The molecule has 1 aliphatic heterocycles. The summed E-state index contributed by atoms with van der Waals surface area (Å²) in [6, 6.07) is 7.81. The average Bonchev–Trinajstić information content (AvgIpc) is 2.81. The van der Waals surface area contributed by atoms with Crippen molar-refractivity contribution >= 4 is 5.91 Å². The molecule has 1 unspecified atom stereocenters. The fourth-order valence-corrected chi connectivity index (χ4v) is 3.15. The quantitative estimate of drug-likeness (QED) is 0.831. The van der Waals surface area contributed by atoms with Crippen molar-refractivity contribution in [1.82, 2.24) is 4.90 Å². The molecule has 17 heavy (non-hydrogen) atoms. The number of rotatable bonds is 2. The molecule has 1 saturated heterocycles. The Bertz CT molecular complexity index is 445. The fourth-order valence-electron chi connectivity index (χ4n) is 3.15. The summed E-state index contributed by atoms with van der Waals surface area (Å²) < 4.78 is 0. The summed E-state index contributed by atoms with van der Waals surface area (Å²) in [6.45, 7) is 4.58. The molecule has 1 amide bonds. The maximum atomic E-state index is 12.3. The lowest BCUT2D eigenvalue weighted by Crippen LogP contribution is -2.32. The van der Waals surface area contributed by atoms with Crippen LogP contribution in [0.2, 0.25) is 0 Å². The van der Waals surface area contributed by atoms with Crippen LogP contribution in [0.5, 0.6) is 0 Å². The summed E-state index contributed by atoms with van der Waals surface area (Å²) in [6.07, 6.45) is 0. The third-order valence-electron chi connectivity index (χ3n) is 4.31. The number of aryl methyl sites for hydroxylation is 1. The Morgan fingerprint density at radius 2 is 2.00 bits per heavy atom. The van der Waals surface area contributed by atoms with Gasteiger partial charge in [0, 0.05) is 18.7 Å². The van der Waals surface area contributed by atoms with Gasteiger partial charge in [-0.3, -0.25) is 4.79 Å². The van der Waals surface area contributed by atoms with Crippen molar-refractivity contribution in [2.45, 2.75) is 6.92 Å². The number of nitrogens with two attached hydrogens (primary N) is 1. The fraction of sp³-hybridized carbons (Fsp3) is 0.500. The van der Waals surface area contributed by atoms with Crippen LogP contribution in [0, 0.1) is 24.7 Å². The van der Waals surface area contributed by atoms with Gasteiger partial charge in [-0.05, 0) is 42.9 Å². The Morgan fingerprint density at radius 3 is 2.59 bits per heavy atom. The molecule has 2 aliphatic rings. The number of likely N-dealkylation sites (tertiary alicyclic amines) is 1. The van der Waals surface area contributed by atoms with Gasteiger partial charge in [-0.2, -0.15) is 0 Å². The van der Waals surface area contributed by atoms with E-state index in [0.717, 1.165) is 30.8 Å². The number of carbonyl (C=O) groups is 1. The molecule has 1 heterocycles. The Morgan fingerprint density at radius 1 is 1.35 bits per heavy atom. The topological polar surface area (TPSA) is 46.3 Å². The van der Waals surface area contributed by atoms with Crippen molar-refractivity contribution in [3.05, 3.63) is 35.4 Å². The van der Waals surface area contributed by atoms with Crippen LogP contribution in [-0.4, -0.2) is 30.4 Å². The van der Waals surface area contributed by atoms with Crippen LogP contribution in [0.15, 0.2) is 24.3 Å². The van der Waals surface area contributed by atoms with Gasteiger partial charge >= 0.3 is 0 Å². The van der Waals surface area contributed by atoms with Gasteiger partial charge in [0.2, 0.25) is 0 Å². The minimum absolute atomic E-state index is 0.186. The lowest BCUT2D eigenvalue weighted by molar-refractivity contribution is 0.0767. The van der Waals surface area contributed by atoms with Crippen LogP contribution in [0.1, 0.15) is 15.9 Å². The number of hydrogen-bond acceptors (Lipinski definition) is 2. The van der Waals surface area contributed by atoms with Gasteiger partial charge in [0.05, 0.1) is 0 Å². The van der Waals surface area contributed by atoms with Gasteiger partial charge in [0.1, 0.15) is 0 Å². The Balaban J connectivity index is 1.72. The summed E-state index contributed by atoms with van der Waals surface area (Å²) in [5, 5.41) is 0. The zero-order valence-electron chi connectivity index (χ0n) is 10.1. The van der Waals surface area contributed by atoms with Gasteiger partial charge < -0.3 is 10.6 Å². The average molecular weight is 230 g/mol. The lowest BCUT2D eigenvalue weighted by atomic mass is 10.1. The van der Waals surface area contributed by atoms with E-state index in [-0.39, 0.29) is 5.91 Å². The van der Waals surface area contributed by atoms with Crippen molar-refractivity contribution in [3.63, 3.8) is 0 Å². The van der Waals surface area contributed by atoms with Crippen molar-refractivity contribution in [1.29, 1.82) is 0 Å². The van der Waals surface area contributed by atoms with Crippen LogP contribution < -0.4 is 5.73 Å². The van der Waals surface area contributed by atoms with E-state index in [1.54, 1.807) is 0 Å². The first-order valence-corrected chi connectivity index (χ1v) is 6.27. The van der Waals surface area contributed by atoms with Crippen molar-refractivity contribution in [2.75, 3.05) is 19.6 Å². The molecule has 3 atom stereocenters. The van der Waals surface area contributed by atoms with E-state index in [1.165, 1.54) is 0 Å². The van der Waals surface area contributed by atoms with Gasteiger partial charge in [0.25, 0.3) is 5.91 Å². The van der Waals surface area contributed by atoms with Crippen LogP contribution in [0.3, 0.4) is 0 Å². The zero-order chi connectivity index (χ0) is 12.0. The summed E-state index contributed by atoms with van der Waals surface area (Å²) >= 11 is 0. The molecule has 1 aliphatic carbocycles. The number of benzene rings is 1. The van der Waals surface area contributed by atoms with Crippen molar-refractivity contribution in [2.24, 2.45) is 23.5 Å². The van der Waals surface area contributed by atoms with Gasteiger partial charge in [-0.15, -0.1) is 0 Å². The highest BCUT2D eigenvalue weighted by Crippen LogP contribution is 2.51. The molecule has 3 nitrogen and oxygen atoms in total. The molecule has 0 aromatic heterocycles. The summed E-state index contributed by atoms with van der Waals surface area (Å²) in [4.78, 5) is 14.3. The number of hydrogen-bond donors (Lipinski definition) is 1. The zero-order valence-corrected chi connectivity index (χ0v) is 10.1. The number of carbonyl (C=O) groups excluding carboxylic acids is 1. The molecule has 1 aromatic carbocycles. The Kier molecular flexibility index (Phi) is 2.44. The molecule has 0 radical (unpaired) electrons. The molecule has 1 aromatic rings. The number of fused-ring (bicyclic) bond motifs is 1. The molecule has 0 bridgehead atoms. The standard InChI is InChI=1S/C14H18N2O/c1-9-4-2-3-5-10(9)14(17)16-7-12-11(6-15)13(12)8-16/h2-5,11-13H,6-8,15H2,1H3/t11?,12-,13+. The van der Waals surface area contributed by atoms with E-state index >= 15 is 0 Å². The van der Waals surface area contributed by atoms with Crippen LogP contribution >= 0.6 is 0 Å².